The molecule has 0 bridgehead atoms. The predicted octanol–water partition coefficient (Wildman–Crippen LogP) is 0.673. The highest BCUT2D eigenvalue weighted by molar-refractivity contribution is 7.99. The highest BCUT2D eigenvalue weighted by Crippen LogP contribution is 2.31. The SMILES string of the molecule is O=C1C2CSCN2C(=O)CN1C1CCCC1. The molecule has 0 radical (unpaired) electrons. The van der Waals surface area contributed by atoms with Gasteiger partial charge in [-0.1, -0.05) is 12.8 Å². The summed E-state index contributed by atoms with van der Waals surface area (Å²) in [6.45, 7) is 0.320. The van der Waals surface area contributed by atoms with Gasteiger partial charge in [-0.05, 0) is 12.8 Å². The molecule has 2 amide bonds. The number of carbonyl (C=O) groups excluding carboxylic acids is 2. The van der Waals surface area contributed by atoms with Crippen molar-refractivity contribution in [3.05, 3.63) is 0 Å². The molecule has 5 heteroatoms. The fraction of sp³-hybridized carbons (Fsp3) is 0.818. The quantitative estimate of drug-likeness (QED) is 0.676. The van der Waals surface area contributed by atoms with Gasteiger partial charge in [0.1, 0.15) is 12.6 Å². The van der Waals surface area contributed by atoms with Gasteiger partial charge in [0.25, 0.3) is 0 Å². The molecule has 3 fully saturated rings. The Morgan fingerprint density at radius 1 is 1.12 bits per heavy atom. The second kappa shape index (κ2) is 3.95. The maximum Gasteiger partial charge on any atom is 0.246 e. The third-order valence-corrected chi connectivity index (χ3v) is 4.85. The van der Waals surface area contributed by atoms with Crippen molar-refractivity contribution in [3.8, 4) is 0 Å². The molecule has 2 aliphatic heterocycles. The van der Waals surface area contributed by atoms with Crippen LogP contribution in [0.4, 0.5) is 0 Å². The zero-order valence-corrected chi connectivity index (χ0v) is 10.0. The van der Waals surface area contributed by atoms with Gasteiger partial charge in [-0.25, -0.2) is 0 Å². The summed E-state index contributed by atoms with van der Waals surface area (Å²) in [4.78, 5) is 27.8. The first-order valence-corrected chi connectivity index (χ1v) is 7.10. The number of hydrogen-bond acceptors (Lipinski definition) is 3. The van der Waals surface area contributed by atoms with Crippen molar-refractivity contribution in [3.63, 3.8) is 0 Å². The first kappa shape index (κ1) is 10.4. The van der Waals surface area contributed by atoms with Crippen LogP contribution in [0.2, 0.25) is 0 Å². The second-order valence-electron chi connectivity index (χ2n) is 4.78. The van der Waals surface area contributed by atoms with Crippen LogP contribution in [0, 0.1) is 0 Å². The average molecular weight is 240 g/mol. The standard InChI is InChI=1S/C11H16N2O2S/c14-10-5-12(8-3-1-2-4-8)11(15)9-6-16-7-13(9)10/h8-9H,1-7H2. The largest absolute Gasteiger partial charge is 0.329 e. The van der Waals surface area contributed by atoms with Crippen molar-refractivity contribution >= 4 is 23.6 Å². The maximum absolute atomic E-state index is 12.3. The Balaban J connectivity index is 1.80. The van der Waals surface area contributed by atoms with Crippen LogP contribution in [0.15, 0.2) is 0 Å². The topological polar surface area (TPSA) is 40.6 Å². The van der Waals surface area contributed by atoms with Gasteiger partial charge in [0.05, 0.1) is 5.88 Å². The zero-order valence-electron chi connectivity index (χ0n) is 9.22. The van der Waals surface area contributed by atoms with Gasteiger partial charge in [-0.2, -0.15) is 0 Å². The summed E-state index contributed by atoms with van der Waals surface area (Å²) in [6.07, 6.45) is 4.56. The average Bonchev–Trinajstić information content (AvgIpc) is 2.92. The van der Waals surface area contributed by atoms with Gasteiger partial charge < -0.3 is 9.80 Å². The minimum absolute atomic E-state index is 0.140. The Morgan fingerprint density at radius 2 is 1.88 bits per heavy atom. The lowest BCUT2D eigenvalue weighted by atomic mass is 10.1. The van der Waals surface area contributed by atoms with Gasteiger partial charge in [-0.15, -0.1) is 11.8 Å². The molecule has 1 aliphatic carbocycles. The molecule has 0 aromatic carbocycles. The highest BCUT2D eigenvalue weighted by Gasteiger charge is 2.44. The number of amides is 2. The summed E-state index contributed by atoms with van der Waals surface area (Å²) in [7, 11) is 0. The molecule has 16 heavy (non-hydrogen) atoms. The second-order valence-corrected chi connectivity index (χ2v) is 5.78. The minimum Gasteiger partial charge on any atom is -0.329 e. The number of rotatable bonds is 1. The molecule has 1 atom stereocenters. The Bertz CT molecular complexity index is 328. The van der Waals surface area contributed by atoms with Crippen molar-refractivity contribution in [1.82, 2.24) is 9.80 Å². The van der Waals surface area contributed by atoms with Crippen LogP contribution in [0.3, 0.4) is 0 Å². The molecule has 0 aromatic heterocycles. The Labute approximate surface area is 99.3 Å². The van der Waals surface area contributed by atoms with Gasteiger partial charge in [0, 0.05) is 11.8 Å². The summed E-state index contributed by atoms with van der Waals surface area (Å²) in [5.74, 6) is 1.82. The normalized spacial score (nSPS) is 31.4. The van der Waals surface area contributed by atoms with Gasteiger partial charge in [0.2, 0.25) is 11.8 Å². The van der Waals surface area contributed by atoms with E-state index in [1.807, 2.05) is 4.90 Å². The van der Waals surface area contributed by atoms with Crippen LogP contribution in [0.25, 0.3) is 0 Å². The molecular weight excluding hydrogens is 224 g/mol. The molecule has 1 saturated carbocycles. The number of thioether (sulfide) groups is 1. The van der Waals surface area contributed by atoms with Gasteiger partial charge in [-0.3, -0.25) is 9.59 Å². The van der Waals surface area contributed by atoms with Crippen LogP contribution in [0.1, 0.15) is 25.7 Å². The zero-order chi connectivity index (χ0) is 11.1. The Morgan fingerprint density at radius 3 is 2.62 bits per heavy atom. The van der Waals surface area contributed by atoms with E-state index in [0.717, 1.165) is 18.6 Å². The molecule has 4 nitrogen and oxygen atoms in total. The maximum atomic E-state index is 12.3. The van der Waals surface area contributed by atoms with Crippen LogP contribution in [0.5, 0.6) is 0 Å². The van der Waals surface area contributed by atoms with Crippen molar-refractivity contribution in [1.29, 1.82) is 0 Å². The van der Waals surface area contributed by atoms with E-state index in [9.17, 15) is 9.59 Å². The number of piperazine rings is 1. The summed E-state index contributed by atoms with van der Waals surface area (Å²) in [6, 6.07) is 0.177. The molecule has 3 rings (SSSR count). The minimum atomic E-state index is -0.160. The molecule has 3 aliphatic rings. The highest BCUT2D eigenvalue weighted by atomic mass is 32.2. The van der Waals surface area contributed by atoms with Crippen LogP contribution >= 0.6 is 11.8 Å². The van der Waals surface area contributed by atoms with E-state index in [-0.39, 0.29) is 17.9 Å². The fourth-order valence-electron chi connectivity index (χ4n) is 2.92. The number of hydrogen-bond donors (Lipinski definition) is 0. The van der Waals surface area contributed by atoms with E-state index >= 15 is 0 Å². The van der Waals surface area contributed by atoms with E-state index in [4.69, 9.17) is 0 Å². The Kier molecular flexibility index (Phi) is 2.58. The molecule has 88 valence electrons. The lowest BCUT2D eigenvalue weighted by Crippen LogP contribution is -2.60. The summed E-state index contributed by atoms with van der Waals surface area (Å²) >= 11 is 1.69. The summed E-state index contributed by atoms with van der Waals surface area (Å²) in [5.41, 5.74) is 0. The lowest BCUT2D eigenvalue weighted by molar-refractivity contribution is -0.155. The molecule has 2 heterocycles. The van der Waals surface area contributed by atoms with Crippen LogP contribution in [-0.4, -0.2) is 51.9 Å². The molecular formula is C11H16N2O2S. The van der Waals surface area contributed by atoms with Gasteiger partial charge >= 0.3 is 0 Å². The molecule has 1 unspecified atom stereocenters. The molecule has 0 spiro atoms. The smallest absolute Gasteiger partial charge is 0.246 e. The fourth-order valence-corrected chi connectivity index (χ4v) is 4.10. The predicted molar refractivity (Wildman–Crippen MR) is 61.9 cm³/mol. The summed E-state index contributed by atoms with van der Waals surface area (Å²) in [5, 5.41) is 0. The van der Waals surface area contributed by atoms with Crippen LogP contribution < -0.4 is 0 Å². The number of fused-ring (bicyclic) bond motifs is 1. The van der Waals surface area contributed by atoms with Crippen molar-refractivity contribution < 1.29 is 9.59 Å². The monoisotopic (exact) mass is 240 g/mol. The molecule has 2 saturated heterocycles. The summed E-state index contributed by atoms with van der Waals surface area (Å²) < 4.78 is 0. The third-order valence-electron chi connectivity index (χ3n) is 3.84. The van der Waals surface area contributed by atoms with Crippen LogP contribution in [-0.2, 0) is 9.59 Å². The first-order valence-electron chi connectivity index (χ1n) is 5.95. The Hall–Kier alpha value is -0.710. The van der Waals surface area contributed by atoms with E-state index in [2.05, 4.69) is 0 Å². The van der Waals surface area contributed by atoms with Crippen molar-refractivity contribution in [2.75, 3.05) is 18.2 Å². The van der Waals surface area contributed by atoms with E-state index in [0.29, 0.717) is 18.5 Å². The van der Waals surface area contributed by atoms with Gasteiger partial charge in [0.15, 0.2) is 0 Å². The van der Waals surface area contributed by atoms with Crippen molar-refractivity contribution in [2.24, 2.45) is 0 Å². The number of nitrogens with zero attached hydrogens (tertiary/aromatic N) is 2. The van der Waals surface area contributed by atoms with Crippen molar-refractivity contribution in [2.45, 2.75) is 37.8 Å². The number of carbonyl (C=O) groups is 2. The third kappa shape index (κ3) is 1.52. The molecule has 0 aromatic rings. The van der Waals surface area contributed by atoms with E-state index in [1.54, 1.807) is 16.7 Å². The first-order chi connectivity index (χ1) is 7.77. The van der Waals surface area contributed by atoms with E-state index in [1.165, 1.54) is 12.8 Å². The van der Waals surface area contributed by atoms with E-state index < -0.39 is 0 Å². The lowest BCUT2D eigenvalue weighted by Gasteiger charge is -2.39. The molecule has 0 N–H and O–H groups in total.